The molecule has 0 bridgehead atoms. The summed E-state index contributed by atoms with van der Waals surface area (Å²) in [6.45, 7) is 1.37. The molecular weight excluding hydrogens is 521 g/mol. The van der Waals surface area contributed by atoms with Gasteiger partial charge >= 0.3 is 6.18 Å². The summed E-state index contributed by atoms with van der Waals surface area (Å²) >= 11 is 1.000. The molecule has 2 amide bonds. The SMILES string of the molecule is O=C(CCCn1c(SCC(=O)Nc2cccc(C(F)(F)F)c2)nc2ccccc2c1=O)NC[C@H]1CCCO1. The first-order valence-corrected chi connectivity index (χ1v) is 13.2. The number of amides is 2. The van der Waals surface area contributed by atoms with Crippen LogP contribution in [0.15, 0.2) is 58.5 Å². The lowest BCUT2D eigenvalue weighted by atomic mass is 10.2. The van der Waals surface area contributed by atoms with Crippen LogP contribution in [0.5, 0.6) is 0 Å². The fraction of sp³-hybridized carbons (Fsp3) is 0.385. The molecule has 1 saturated heterocycles. The van der Waals surface area contributed by atoms with E-state index in [0.717, 1.165) is 36.7 Å². The molecule has 1 fully saturated rings. The third kappa shape index (κ3) is 7.35. The minimum atomic E-state index is -4.53. The smallest absolute Gasteiger partial charge is 0.376 e. The number of rotatable bonds is 10. The van der Waals surface area contributed by atoms with Crippen molar-refractivity contribution >= 4 is 40.2 Å². The number of carbonyl (C=O) groups is 2. The normalized spacial score (nSPS) is 15.5. The zero-order valence-corrected chi connectivity index (χ0v) is 21.2. The lowest BCUT2D eigenvalue weighted by Gasteiger charge is -2.14. The maximum atomic E-state index is 13.2. The molecule has 0 unspecified atom stereocenters. The van der Waals surface area contributed by atoms with Gasteiger partial charge in [-0.1, -0.05) is 30.0 Å². The molecule has 202 valence electrons. The quantitative estimate of drug-likeness (QED) is 0.291. The predicted octanol–water partition coefficient (Wildman–Crippen LogP) is 4.22. The highest BCUT2D eigenvalue weighted by Crippen LogP contribution is 2.30. The molecule has 0 aliphatic carbocycles. The number of thioether (sulfide) groups is 1. The van der Waals surface area contributed by atoms with E-state index in [4.69, 9.17) is 4.74 Å². The van der Waals surface area contributed by atoms with Crippen LogP contribution >= 0.6 is 11.8 Å². The molecule has 2 N–H and O–H groups in total. The average molecular weight is 549 g/mol. The highest BCUT2D eigenvalue weighted by molar-refractivity contribution is 7.99. The number of nitrogens with zero attached hydrogens (tertiary/aromatic N) is 2. The Kier molecular flexibility index (Phi) is 9.05. The van der Waals surface area contributed by atoms with Gasteiger partial charge in [0.05, 0.1) is 28.3 Å². The molecule has 1 aliphatic rings. The minimum absolute atomic E-state index is 0.0169. The molecule has 1 aliphatic heterocycles. The number of hydrogen-bond acceptors (Lipinski definition) is 6. The van der Waals surface area contributed by atoms with E-state index in [0.29, 0.717) is 30.5 Å². The van der Waals surface area contributed by atoms with Gasteiger partial charge in [-0.05, 0) is 49.6 Å². The summed E-state index contributed by atoms with van der Waals surface area (Å²) in [4.78, 5) is 42.5. The Morgan fingerprint density at radius 3 is 2.71 bits per heavy atom. The van der Waals surface area contributed by atoms with Gasteiger partial charge in [0.25, 0.3) is 5.56 Å². The Labute approximate surface area is 221 Å². The van der Waals surface area contributed by atoms with E-state index < -0.39 is 17.6 Å². The van der Waals surface area contributed by atoms with Crippen molar-refractivity contribution in [1.82, 2.24) is 14.9 Å². The third-order valence-electron chi connectivity index (χ3n) is 5.97. The van der Waals surface area contributed by atoms with Crippen LogP contribution in [0, 0.1) is 0 Å². The number of alkyl halides is 3. The van der Waals surface area contributed by atoms with Crippen LogP contribution in [-0.4, -0.2) is 46.4 Å². The van der Waals surface area contributed by atoms with Crippen molar-refractivity contribution < 1.29 is 27.5 Å². The molecule has 1 atom stereocenters. The van der Waals surface area contributed by atoms with E-state index in [-0.39, 0.29) is 47.1 Å². The number of nitrogens with one attached hydrogen (secondary N) is 2. The van der Waals surface area contributed by atoms with Gasteiger partial charge in [-0.3, -0.25) is 19.0 Å². The highest BCUT2D eigenvalue weighted by atomic mass is 32.2. The zero-order valence-electron chi connectivity index (χ0n) is 20.4. The molecule has 2 aromatic carbocycles. The van der Waals surface area contributed by atoms with E-state index in [1.807, 2.05) is 0 Å². The first kappa shape index (κ1) is 27.6. The Bertz CT molecular complexity index is 1360. The van der Waals surface area contributed by atoms with Crippen molar-refractivity contribution in [3.63, 3.8) is 0 Å². The van der Waals surface area contributed by atoms with E-state index >= 15 is 0 Å². The number of aromatic nitrogens is 2. The van der Waals surface area contributed by atoms with Crippen LogP contribution in [0.1, 0.15) is 31.2 Å². The van der Waals surface area contributed by atoms with Crippen LogP contribution in [0.2, 0.25) is 0 Å². The van der Waals surface area contributed by atoms with Gasteiger partial charge in [0, 0.05) is 31.8 Å². The summed E-state index contributed by atoms with van der Waals surface area (Å²) in [5, 5.41) is 6.00. The Hall–Kier alpha value is -3.38. The van der Waals surface area contributed by atoms with Gasteiger partial charge in [-0.2, -0.15) is 13.2 Å². The number of halogens is 3. The van der Waals surface area contributed by atoms with Crippen LogP contribution in [-0.2, 0) is 27.0 Å². The summed E-state index contributed by atoms with van der Waals surface area (Å²) < 4.78 is 45.8. The molecule has 38 heavy (non-hydrogen) atoms. The number of ether oxygens (including phenoxy) is 1. The first-order valence-electron chi connectivity index (χ1n) is 12.2. The second kappa shape index (κ2) is 12.4. The van der Waals surface area contributed by atoms with Gasteiger partial charge in [0.2, 0.25) is 11.8 Å². The van der Waals surface area contributed by atoms with Crippen LogP contribution in [0.3, 0.4) is 0 Å². The fourth-order valence-electron chi connectivity index (χ4n) is 4.07. The molecule has 3 aromatic rings. The number of para-hydroxylation sites is 1. The van der Waals surface area contributed by atoms with E-state index in [9.17, 15) is 27.6 Å². The summed E-state index contributed by atoms with van der Waals surface area (Å²) in [7, 11) is 0. The summed E-state index contributed by atoms with van der Waals surface area (Å²) in [6.07, 6.45) is -2.01. The second-order valence-corrected chi connectivity index (χ2v) is 9.77. The van der Waals surface area contributed by atoms with Crippen molar-refractivity contribution in [2.75, 3.05) is 24.2 Å². The van der Waals surface area contributed by atoms with Gasteiger partial charge in [0.15, 0.2) is 5.16 Å². The average Bonchev–Trinajstić information content (AvgIpc) is 3.41. The number of fused-ring (bicyclic) bond motifs is 1. The van der Waals surface area contributed by atoms with Crippen LogP contribution < -0.4 is 16.2 Å². The maximum absolute atomic E-state index is 13.2. The first-order chi connectivity index (χ1) is 18.2. The lowest BCUT2D eigenvalue weighted by molar-refractivity contribution is -0.137. The summed E-state index contributed by atoms with van der Waals surface area (Å²) in [5.41, 5.74) is -0.684. The monoisotopic (exact) mass is 548 g/mol. The fourth-order valence-corrected chi connectivity index (χ4v) is 4.90. The van der Waals surface area contributed by atoms with Crippen molar-refractivity contribution in [2.24, 2.45) is 0 Å². The highest BCUT2D eigenvalue weighted by Gasteiger charge is 2.30. The van der Waals surface area contributed by atoms with E-state index in [1.165, 1.54) is 16.7 Å². The van der Waals surface area contributed by atoms with Crippen molar-refractivity contribution in [1.29, 1.82) is 0 Å². The second-order valence-electron chi connectivity index (χ2n) is 8.83. The Morgan fingerprint density at radius 2 is 1.95 bits per heavy atom. The predicted molar refractivity (Wildman–Crippen MR) is 138 cm³/mol. The van der Waals surface area contributed by atoms with Gasteiger partial charge in [0.1, 0.15) is 0 Å². The van der Waals surface area contributed by atoms with Gasteiger partial charge < -0.3 is 15.4 Å². The summed E-state index contributed by atoms with van der Waals surface area (Å²) in [6, 6.07) is 11.2. The van der Waals surface area contributed by atoms with Crippen LogP contribution in [0.4, 0.5) is 18.9 Å². The van der Waals surface area contributed by atoms with Crippen molar-refractivity contribution in [2.45, 2.75) is 49.7 Å². The molecule has 1 aromatic heterocycles. The van der Waals surface area contributed by atoms with E-state index in [1.54, 1.807) is 24.3 Å². The molecule has 0 saturated carbocycles. The topological polar surface area (TPSA) is 102 Å². The molecule has 4 rings (SSSR count). The lowest BCUT2D eigenvalue weighted by Crippen LogP contribution is -2.32. The van der Waals surface area contributed by atoms with Crippen molar-refractivity contribution in [3.8, 4) is 0 Å². The van der Waals surface area contributed by atoms with Gasteiger partial charge in [-0.15, -0.1) is 0 Å². The maximum Gasteiger partial charge on any atom is 0.416 e. The number of benzene rings is 2. The number of hydrogen-bond donors (Lipinski definition) is 2. The zero-order chi connectivity index (χ0) is 27.1. The standard InChI is InChI=1S/C26H27F3N4O4S/c27-26(28,29)17-6-3-7-18(14-17)31-23(35)16-38-25-32-21-10-2-1-9-20(21)24(36)33(25)12-4-11-22(34)30-15-19-8-5-13-37-19/h1-3,6-7,9-10,14,19H,4-5,8,11-13,15-16H2,(H,30,34)(H,31,35)/t19-/m1/s1. The molecular formula is C26H27F3N4O4S. The van der Waals surface area contributed by atoms with Crippen LogP contribution in [0.25, 0.3) is 10.9 Å². The van der Waals surface area contributed by atoms with E-state index in [2.05, 4.69) is 15.6 Å². The molecule has 2 heterocycles. The van der Waals surface area contributed by atoms with Crippen molar-refractivity contribution in [3.05, 3.63) is 64.4 Å². The summed E-state index contributed by atoms with van der Waals surface area (Å²) in [5.74, 6) is -0.864. The Morgan fingerprint density at radius 1 is 1.13 bits per heavy atom. The molecule has 8 nitrogen and oxygen atoms in total. The van der Waals surface area contributed by atoms with Gasteiger partial charge in [-0.25, -0.2) is 4.98 Å². The largest absolute Gasteiger partial charge is 0.416 e. The third-order valence-corrected chi connectivity index (χ3v) is 6.95. The number of carbonyl (C=O) groups excluding carboxylic acids is 2. The number of anilines is 1. The Balaban J connectivity index is 1.41. The minimum Gasteiger partial charge on any atom is -0.376 e. The molecule has 0 spiro atoms. The molecule has 0 radical (unpaired) electrons. The molecule has 12 heteroatoms.